The van der Waals surface area contributed by atoms with Gasteiger partial charge in [-0.15, -0.1) is 0 Å². The van der Waals surface area contributed by atoms with Gasteiger partial charge in [-0.1, -0.05) is 0 Å². The summed E-state index contributed by atoms with van der Waals surface area (Å²) in [6, 6.07) is 3.71. The number of anilines is 1. The fourth-order valence-electron chi connectivity index (χ4n) is 1.26. The van der Waals surface area contributed by atoms with E-state index in [-0.39, 0.29) is 0 Å². The van der Waals surface area contributed by atoms with Crippen LogP contribution in [0, 0.1) is 0 Å². The van der Waals surface area contributed by atoms with E-state index in [2.05, 4.69) is 15.3 Å². The van der Waals surface area contributed by atoms with Crippen molar-refractivity contribution in [2.45, 2.75) is 0 Å². The maximum atomic E-state index is 10.6. The Bertz CT molecular complexity index is 447. The molecule has 0 aliphatic rings. The molecule has 0 radical (unpaired) electrons. The summed E-state index contributed by atoms with van der Waals surface area (Å²) in [6.45, 7) is 0. The van der Waals surface area contributed by atoms with E-state index in [9.17, 15) is 4.79 Å². The van der Waals surface area contributed by atoms with Crippen LogP contribution in [0.1, 0.15) is 10.4 Å². The lowest BCUT2D eigenvalue weighted by Gasteiger charge is -1.97. The number of rotatable bonds is 2. The SMILES string of the molecule is CNc1ccc2c(C=O)c[nH]c2n1. The van der Waals surface area contributed by atoms with Gasteiger partial charge in [0.25, 0.3) is 0 Å². The second-order valence-electron chi connectivity index (χ2n) is 2.70. The van der Waals surface area contributed by atoms with Crippen molar-refractivity contribution in [3.8, 4) is 0 Å². The molecule has 2 heterocycles. The highest BCUT2D eigenvalue weighted by molar-refractivity contribution is 5.96. The number of aldehydes is 1. The number of pyridine rings is 1. The number of aromatic nitrogens is 2. The smallest absolute Gasteiger partial charge is 0.152 e. The molecule has 0 unspecified atom stereocenters. The van der Waals surface area contributed by atoms with Crippen LogP contribution in [-0.2, 0) is 0 Å². The van der Waals surface area contributed by atoms with Gasteiger partial charge in [-0.2, -0.15) is 0 Å². The summed E-state index contributed by atoms with van der Waals surface area (Å²) in [5, 5.41) is 3.78. The van der Waals surface area contributed by atoms with Gasteiger partial charge in [0.05, 0.1) is 0 Å². The van der Waals surface area contributed by atoms with Gasteiger partial charge in [0.2, 0.25) is 0 Å². The van der Waals surface area contributed by atoms with Crippen molar-refractivity contribution < 1.29 is 4.79 Å². The summed E-state index contributed by atoms with van der Waals surface area (Å²) in [5.41, 5.74) is 1.37. The van der Waals surface area contributed by atoms with Crippen LogP contribution >= 0.6 is 0 Å². The number of nitrogens with zero attached hydrogens (tertiary/aromatic N) is 1. The fourth-order valence-corrected chi connectivity index (χ4v) is 1.26. The Kier molecular flexibility index (Phi) is 1.73. The number of aromatic amines is 1. The molecule has 2 aromatic heterocycles. The Balaban J connectivity index is 2.67. The predicted molar refractivity (Wildman–Crippen MR) is 51.0 cm³/mol. The standard InChI is InChI=1S/C9H9N3O/c1-10-8-3-2-7-6(5-13)4-11-9(7)12-8/h2-5H,1H3,(H2,10,11,12). The van der Waals surface area contributed by atoms with Gasteiger partial charge < -0.3 is 10.3 Å². The second-order valence-corrected chi connectivity index (χ2v) is 2.70. The third-order valence-corrected chi connectivity index (χ3v) is 1.95. The van der Waals surface area contributed by atoms with Crippen molar-refractivity contribution in [2.24, 2.45) is 0 Å². The summed E-state index contributed by atoms with van der Waals surface area (Å²) < 4.78 is 0. The minimum Gasteiger partial charge on any atom is -0.373 e. The topological polar surface area (TPSA) is 57.8 Å². The molecule has 0 atom stereocenters. The molecular weight excluding hydrogens is 166 g/mol. The third-order valence-electron chi connectivity index (χ3n) is 1.95. The fraction of sp³-hybridized carbons (Fsp3) is 0.111. The number of hydrogen-bond donors (Lipinski definition) is 2. The van der Waals surface area contributed by atoms with Gasteiger partial charge in [-0.05, 0) is 12.1 Å². The Morgan fingerprint density at radius 2 is 2.38 bits per heavy atom. The lowest BCUT2D eigenvalue weighted by molar-refractivity contribution is 0.112. The van der Waals surface area contributed by atoms with Crippen LogP contribution < -0.4 is 5.32 Å². The molecule has 0 fully saturated rings. The predicted octanol–water partition coefficient (Wildman–Crippen LogP) is 1.42. The van der Waals surface area contributed by atoms with Crippen LogP contribution in [0.25, 0.3) is 11.0 Å². The quantitative estimate of drug-likeness (QED) is 0.678. The minimum atomic E-state index is 0.644. The van der Waals surface area contributed by atoms with Gasteiger partial charge >= 0.3 is 0 Å². The number of carbonyl (C=O) groups is 1. The lowest BCUT2D eigenvalue weighted by atomic mass is 10.2. The molecular formula is C9H9N3O. The van der Waals surface area contributed by atoms with Crippen molar-refractivity contribution in [1.29, 1.82) is 0 Å². The van der Waals surface area contributed by atoms with E-state index in [1.54, 1.807) is 13.2 Å². The lowest BCUT2D eigenvalue weighted by Crippen LogP contribution is -1.91. The van der Waals surface area contributed by atoms with E-state index in [1.807, 2.05) is 12.1 Å². The second kappa shape index (κ2) is 2.90. The van der Waals surface area contributed by atoms with E-state index >= 15 is 0 Å². The Hall–Kier alpha value is -1.84. The van der Waals surface area contributed by atoms with E-state index in [1.165, 1.54) is 0 Å². The number of carbonyl (C=O) groups excluding carboxylic acids is 1. The zero-order valence-electron chi connectivity index (χ0n) is 7.16. The molecule has 0 saturated heterocycles. The summed E-state index contributed by atoms with van der Waals surface area (Å²) >= 11 is 0. The van der Waals surface area contributed by atoms with Crippen LogP contribution in [0.2, 0.25) is 0 Å². The molecule has 4 nitrogen and oxygen atoms in total. The highest BCUT2D eigenvalue weighted by atomic mass is 16.1. The number of H-pyrrole nitrogens is 1. The van der Waals surface area contributed by atoms with E-state index in [4.69, 9.17) is 0 Å². The first kappa shape index (κ1) is 7.79. The minimum absolute atomic E-state index is 0.644. The average molecular weight is 175 g/mol. The highest BCUT2D eigenvalue weighted by Crippen LogP contribution is 2.16. The first-order valence-electron chi connectivity index (χ1n) is 3.96. The summed E-state index contributed by atoms with van der Waals surface area (Å²) in [4.78, 5) is 17.7. The zero-order chi connectivity index (χ0) is 9.26. The normalized spacial score (nSPS) is 10.2. The van der Waals surface area contributed by atoms with Crippen LogP contribution in [-0.4, -0.2) is 23.3 Å². The van der Waals surface area contributed by atoms with E-state index in [0.717, 1.165) is 23.1 Å². The summed E-state index contributed by atoms with van der Waals surface area (Å²) in [7, 11) is 1.80. The summed E-state index contributed by atoms with van der Waals surface area (Å²) in [5.74, 6) is 0.784. The van der Waals surface area contributed by atoms with Gasteiger partial charge in [0.1, 0.15) is 11.5 Å². The first-order valence-corrected chi connectivity index (χ1v) is 3.96. The Morgan fingerprint density at radius 1 is 1.54 bits per heavy atom. The van der Waals surface area contributed by atoms with Gasteiger partial charge in [0.15, 0.2) is 6.29 Å². The largest absolute Gasteiger partial charge is 0.373 e. The summed E-state index contributed by atoms with van der Waals surface area (Å²) in [6.07, 6.45) is 2.48. The molecule has 0 saturated carbocycles. The Labute approximate surface area is 75.0 Å². The average Bonchev–Trinajstić information content (AvgIpc) is 2.59. The van der Waals surface area contributed by atoms with Crippen LogP contribution in [0.5, 0.6) is 0 Å². The Morgan fingerprint density at radius 3 is 3.08 bits per heavy atom. The van der Waals surface area contributed by atoms with Crippen LogP contribution in [0.15, 0.2) is 18.3 Å². The van der Waals surface area contributed by atoms with E-state index in [0.29, 0.717) is 5.56 Å². The molecule has 2 N–H and O–H groups in total. The maximum Gasteiger partial charge on any atom is 0.152 e. The van der Waals surface area contributed by atoms with E-state index < -0.39 is 0 Å². The monoisotopic (exact) mass is 175 g/mol. The molecule has 66 valence electrons. The molecule has 0 amide bonds. The van der Waals surface area contributed by atoms with Crippen LogP contribution in [0.3, 0.4) is 0 Å². The third kappa shape index (κ3) is 1.16. The molecule has 0 aliphatic carbocycles. The molecule has 0 aromatic carbocycles. The number of hydrogen-bond acceptors (Lipinski definition) is 3. The van der Waals surface area contributed by atoms with Gasteiger partial charge in [0, 0.05) is 24.2 Å². The van der Waals surface area contributed by atoms with Crippen molar-refractivity contribution >= 4 is 23.1 Å². The molecule has 13 heavy (non-hydrogen) atoms. The maximum absolute atomic E-state index is 10.6. The molecule has 2 aromatic rings. The molecule has 2 rings (SSSR count). The number of fused-ring (bicyclic) bond motifs is 1. The first-order chi connectivity index (χ1) is 6.35. The van der Waals surface area contributed by atoms with Crippen LogP contribution in [0.4, 0.5) is 5.82 Å². The van der Waals surface area contributed by atoms with Gasteiger partial charge in [-0.25, -0.2) is 4.98 Å². The molecule has 4 heteroatoms. The zero-order valence-corrected chi connectivity index (χ0v) is 7.16. The van der Waals surface area contributed by atoms with Crippen molar-refractivity contribution in [2.75, 3.05) is 12.4 Å². The highest BCUT2D eigenvalue weighted by Gasteiger charge is 2.03. The van der Waals surface area contributed by atoms with Crippen molar-refractivity contribution in [3.05, 3.63) is 23.9 Å². The van der Waals surface area contributed by atoms with Crippen molar-refractivity contribution in [3.63, 3.8) is 0 Å². The molecule has 0 aliphatic heterocycles. The molecule has 0 spiro atoms. The van der Waals surface area contributed by atoms with Crippen molar-refractivity contribution in [1.82, 2.24) is 9.97 Å². The van der Waals surface area contributed by atoms with Gasteiger partial charge in [-0.3, -0.25) is 4.79 Å². The number of nitrogens with one attached hydrogen (secondary N) is 2. The molecule has 0 bridgehead atoms.